The van der Waals surface area contributed by atoms with Gasteiger partial charge in [0.1, 0.15) is 0 Å². The summed E-state index contributed by atoms with van der Waals surface area (Å²) in [6, 6.07) is 15.3. The summed E-state index contributed by atoms with van der Waals surface area (Å²) in [5.74, 6) is 0.908. The maximum Gasteiger partial charge on any atom is 0.257 e. The third kappa shape index (κ3) is 9.86. The van der Waals surface area contributed by atoms with Crippen LogP contribution in [-0.4, -0.2) is 57.6 Å². The molecule has 0 spiro atoms. The molecule has 0 aromatic heterocycles. The second-order valence-electron chi connectivity index (χ2n) is 10.8. The van der Waals surface area contributed by atoms with Gasteiger partial charge in [-0.2, -0.15) is 0 Å². The predicted octanol–water partition coefficient (Wildman–Crippen LogP) is 2.97. The Kier molecular flexibility index (Phi) is 12.3. The molecule has 9 nitrogen and oxygen atoms in total. The molecule has 0 saturated carbocycles. The van der Waals surface area contributed by atoms with Crippen molar-refractivity contribution < 1.29 is 23.9 Å². The first-order valence-electron chi connectivity index (χ1n) is 14.2. The van der Waals surface area contributed by atoms with Crippen molar-refractivity contribution in [2.45, 2.75) is 52.5 Å². The Morgan fingerprint density at radius 1 is 1.05 bits per heavy atom. The second-order valence-corrected chi connectivity index (χ2v) is 10.8. The second kappa shape index (κ2) is 15.9. The minimum Gasteiger partial charge on any atom is -0.493 e. The highest BCUT2D eigenvalue weighted by Gasteiger charge is 2.39. The van der Waals surface area contributed by atoms with Crippen LogP contribution in [0.3, 0.4) is 0 Å². The zero-order chi connectivity index (χ0) is 28.8. The van der Waals surface area contributed by atoms with Crippen molar-refractivity contribution in [3.05, 3.63) is 59.7 Å². The fourth-order valence-corrected chi connectivity index (χ4v) is 4.72. The summed E-state index contributed by atoms with van der Waals surface area (Å²) in [4.78, 5) is 39.1. The highest BCUT2D eigenvalue weighted by molar-refractivity contribution is 5.84. The Morgan fingerprint density at radius 2 is 1.85 bits per heavy atom. The lowest BCUT2D eigenvalue weighted by atomic mass is 9.75. The van der Waals surface area contributed by atoms with E-state index in [4.69, 9.17) is 9.47 Å². The van der Waals surface area contributed by atoms with Gasteiger partial charge in [-0.1, -0.05) is 50.2 Å². The van der Waals surface area contributed by atoms with Gasteiger partial charge in [-0.15, -0.1) is 0 Å². The van der Waals surface area contributed by atoms with Gasteiger partial charge in [-0.3, -0.25) is 14.4 Å². The van der Waals surface area contributed by atoms with Crippen LogP contribution in [0.25, 0.3) is 0 Å². The van der Waals surface area contributed by atoms with E-state index in [0.717, 1.165) is 17.5 Å². The first kappa shape index (κ1) is 30.9. The normalized spacial score (nSPS) is 19.4. The van der Waals surface area contributed by atoms with Gasteiger partial charge in [0.25, 0.3) is 5.91 Å². The van der Waals surface area contributed by atoms with Gasteiger partial charge in [-0.05, 0) is 61.4 Å². The fraction of sp³-hybridized carbons (Fsp3) is 0.516. The van der Waals surface area contributed by atoms with Crippen molar-refractivity contribution in [1.82, 2.24) is 21.3 Å². The van der Waals surface area contributed by atoms with Crippen LogP contribution < -0.4 is 30.7 Å². The number of fused-ring (bicyclic) bond motifs is 16. The molecule has 2 heterocycles. The third-order valence-electron chi connectivity index (χ3n) is 7.11. The SMILES string of the molecule is COc1cc2ccc1OCC(=O)NCCNCCCC(=O)NCC(CCC(C)C)(C(=O)NCc1ccccc1)C2. The maximum absolute atomic E-state index is 14.0. The van der Waals surface area contributed by atoms with Crippen LogP contribution in [0, 0.1) is 11.3 Å². The zero-order valence-electron chi connectivity index (χ0n) is 24.0. The lowest BCUT2D eigenvalue weighted by Gasteiger charge is -2.34. The molecule has 2 bridgehead atoms. The minimum absolute atomic E-state index is 0.0841. The molecule has 2 aromatic rings. The Morgan fingerprint density at radius 3 is 2.60 bits per heavy atom. The first-order chi connectivity index (χ1) is 19.3. The lowest BCUT2D eigenvalue weighted by molar-refractivity contribution is -0.132. The molecule has 2 aliphatic rings. The lowest BCUT2D eigenvalue weighted by Crippen LogP contribution is -2.50. The molecular weight excluding hydrogens is 508 g/mol. The van der Waals surface area contributed by atoms with E-state index in [0.29, 0.717) is 69.3 Å². The molecule has 218 valence electrons. The van der Waals surface area contributed by atoms with E-state index in [1.54, 1.807) is 13.2 Å². The molecule has 9 heteroatoms. The van der Waals surface area contributed by atoms with Crippen LogP contribution in [0.5, 0.6) is 11.5 Å². The van der Waals surface area contributed by atoms with Crippen molar-refractivity contribution in [1.29, 1.82) is 0 Å². The summed E-state index contributed by atoms with van der Waals surface area (Å²) in [6.45, 7) is 6.47. The average Bonchev–Trinajstić information content (AvgIpc) is 2.96. The molecule has 40 heavy (non-hydrogen) atoms. The maximum atomic E-state index is 14.0. The molecule has 2 aromatic carbocycles. The monoisotopic (exact) mass is 552 g/mol. The number of benzene rings is 2. The molecule has 2 aliphatic heterocycles. The highest BCUT2D eigenvalue weighted by Crippen LogP contribution is 2.35. The van der Waals surface area contributed by atoms with Gasteiger partial charge in [-0.25, -0.2) is 0 Å². The van der Waals surface area contributed by atoms with Gasteiger partial charge in [0, 0.05) is 32.6 Å². The Balaban J connectivity index is 1.93. The Labute approximate surface area is 237 Å². The number of nitrogens with one attached hydrogen (secondary N) is 4. The van der Waals surface area contributed by atoms with Crippen LogP contribution in [-0.2, 0) is 27.3 Å². The largest absolute Gasteiger partial charge is 0.493 e. The molecule has 1 atom stereocenters. The quantitative estimate of drug-likeness (QED) is 0.393. The molecule has 0 radical (unpaired) electrons. The number of ether oxygens (including phenoxy) is 2. The standard InChI is InChI=1S/C31H44N4O5/c1-23(2)13-14-31(30(38)34-20-24-8-5-4-6-9-24)19-25-11-12-26(27(18-25)39-3)40-21-29(37)33-17-16-32-15-7-10-28(36)35-22-31/h4-6,8-9,11-12,18,23,32H,7,10,13-17,19-22H2,1-3H3,(H,33,37)(H,34,38)(H,35,36). The number of hydrogen-bond donors (Lipinski definition) is 4. The van der Waals surface area contributed by atoms with Gasteiger partial charge in [0.05, 0.1) is 12.5 Å². The van der Waals surface area contributed by atoms with E-state index in [9.17, 15) is 14.4 Å². The summed E-state index contributed by atoms with van der Waals surface area (Å²) in [6.07, 6.45) is 2.83. The smallest absolute Gasteiger partial charge is 0.257 e. The average molecular weight is 553 g/mol. The van der Waals surface area contributed by atoms with E-state index in [1.165, 1.54) is 0 Å². The van der Waals surface area contributed by atoms with Gasteiger partial charge >= 0.3 is 0 Å². The van der Waals surface area contributed by atoms with Crippen molar-refractivity contribution in [3.63, 3.8) is 0 Å². The van der Waals surface area contributed by atoms with E-state index in [1.807, 2.05) is 42.5 Å². The third-order valence-corrected chi connectivity index (χ3v) is 7.11. The Bertz CT molecular complexity index is 1110. The van der Waals surface area contributed by atoms with Crippen LogP contribution in [0.1, 0.15) is 50.7 Å². The van der Waals surface area contributed by atoms with Crippen LogP contribution >= 0.6 is 0 Å². The molecule has 1 unspecified atom stereocenters. The van der Waals surface area contributed by atoms with Crippen LogP contribution in [0.15, 0.2) is 48.5 Å². The zero-order valence-corrected chi connectivity index (χ0v) is 24.0. The van der Waals surface area contributed by atoms with Crippen LogP contribution in [0.2, 0.25) is 0 Å². The number of carbonyl (C=O) groups is 3. The minimum atomic E-state index is -0.872. The van der Waals surface area contributed by atoms with E-state index < -0.39 is 5.41 Å². The predicted molar refractivity (Wildman–Crippen MR) is 155 cm³/mol. The van der Waals surface area contributed by atoms with Gasteiger partial charge in [0.15, 0.2) is 18.1 Å². The molecule has 4 rings (SSSR count). The van der Waals surface area contributed by atoms with E-state index in [-0.39, 0.29) is 30.9 Å². The Hall–Kier alpha value is -3.59. The summed E-state index contributed by atoms with van der Waals surface area (Å²) in [7, 11) is 1.55. The fourth-order valence-electron chi connectivity index (χ4n) is 4.72. The molecule has 3 amide bonds. The summed E-state index contributed by atoms with van der Waals surface area (Å²) >= 11 is 0. The summed E-state index contributed by atoms with van der Waals surface area (Å²) < 4.78 is 11.3. The van der Waals surface area contributed by atoms with Crippen molar-refractivity contribution in [2.24, 2.45) is 11.3 Å². The number of hydrogen-bond acceptors (Lipinski definition) is 6. The van der Waals surface area contributed by atoms with Gasteiger partial charge < -0.3 is 30.7 Å². The molecule has 0 saturated heterocycles. The number of rotatable bonds is 7. The van der Waals surface area contributed by atoms with E-state index >= 15 is 0 Å². The van der Waals surface area contributed by atoms with Crippen molar-refractivity contribution in [3.8, 4) is 11.5 Å². The topological polar surface area (TPSA) is 118 Å². The summed E-state index contributed by atoms with van der Waals surface area (Å²) in [5, 5.41) is 12.3. The van der Waals surface area contributed by atoms with Crippen molar-refractivity contribution in [2.75, 3.05) is 39.9 Å². The number of carbonyl (C=O) groups excluding carboxylic acids is 3. The first-order valence-corrected chi connectivity index (χ1v) is 14.2. The number of amides is 3. The number of methoxy groups -OCH3 is 1. The summed E-state index contributed by atoms with van der Waals surface area (Å²) in [5.41, 5.74) is 1.02. The van der Waals surface area contributed by atoms with Gasteiger partial charge in [0.2, 0.25) is 11.8 Å². The molecule has 0 aliphatic carbocycles. The molecule has 0 fully saturated rings. The highest BCUT2D eigenvalue weighted by atomic mass is 16.5. The molecular formula is C31H44N4O5. The molecule has 4 N–H and O–H groups in total. The van der Waals surface area contributed by atoms with Crippen molar-refractivity contribution >= 4 is 17.7 Å². The van der Waals surface area contributed by atoms with E-state index in [2.05, 4.69) is 35.1 Å². The van der Waals surface area contributed by atoms with Crippen LogP contribution in [0.4, 0.5) is 0 Å².